The number of carbonyl (C=O) groups is 1. The summed E-state index contributed by atoms with van der Waals surface area (Å²) in [7, 11) is 0. The molecule has 26 heavy (non-hydrogen) atoms. The molecule has 130 valence electrons. The van der Waals surface area contributed by atoms with E-state index >= 15 is 0 Å². The van der Waals surface area contributed by atoms with Crippen molar-refractivity contribution in [1.29, 1.82) is 0 Å². The van der Waals surface area contributed by atoms with Crippen LogP contribution in [0.4, 0.5) is 8.78 Å². The molecule has 0 aliphatic rings. The van der Waals surface area contributed by atoms with Crippen molar-refractivity contribution < 1.29 is 18.7 Å². The number of primary amides is 1. The third-order valence-corrected chi connectivity index (χ3v) is 4.54. The summed E-state index contributed by atoms with van der Waals surface area (Å²) in [4.78, 5) is 14.9. The van der Waals surface area contributed by atoms with Gasteiger partial charge in [-0.25, -0.2) is 8.78 Å². The van der Waals surface area contributed by atoms with Crippen molar-refractivity contribution in [1.82, 2.24) is 4.98 Å². The second-order valence-corrected chi connectivity index (χ2v) is 6.09. The number of benzene rings is 3. The lowest BCUT2D eigenvalue weighted by molar-refractivity contribution is 0.100. The number of fused-ring (bicyclic) bond motifs is 3. The van der Waals surface area contributed by atoms with Crippen molar-refractivity contribution in [3.8, 4) is 5.75 Å². The molecule has 0 fully saturated rings. The Morgan fingerprint density at radius 3 is 2.38 bits per heavy atom. The SMILES string of the molecule is NC(=O)c1cccc2[nH]c3c(Cc4c(F)cccc4F)ccc(O)c3c12. The first kappa shape index (κ1) is 16.1. The highest BCUT2D eigenvalue weighted by atomic mass is 19.1. The van der Waals surface area contributed by atoms with Gasteiger partial charge in [-0.1, -0.05) is 18.2 Å². The first-order chi connectivity index (χ1) is 12.5. The number of amides is 1. The zero-order valence-corrected chi connectivity index (χ0v) is 13.5. The number of phenols is 1. The van der Waals surface area contributed by atoms with Gasteiger partial charge in [0.05, 0.1) is 10.9 Å². The fourth-order valence-electron chi connectivity index (χ4n) is 3.34. The Morgan fingerprint density at radius 1 is 1.00 bits per heavy atom. The van der Waals surface area contributed by atoms with E-state index in [2.05, 4.69) is 4.98 Å². The molecule has 1 amide bonds. The van der Waals surface area contributed by atoms with Crippen LogP contribution in [0.5, 0.6) is 5.75 Å². The Hall–Kier alpha value is -3.41. The Kier molecular flexibility index (Phi) is 3.61. The molecule has 4 nitrogen and oxygen atoms in total. The van der Waals surface area contributed by atoms with Gasteiger partial charge in [0.2, 0.25) is 5.91 Å². The number of nitrogens with one attached hydrogen (secondary N) is 1. The minimum atomic E-state index is -0.639. The van der Waals surface area contributed by atoms with Crippen LogP contribution in [-0.2, 0) is 6.42 Å². The van der Waals surface area contributed by atoms with Gasteiger partial charge in [0.15, 0.2) is 0 Å². The normalized spacial score (nSPS) is 11.3. The van der Waals surface area contributed by atoms with Crippen LogP contribution in [-0.4, -0.2) is 16.0 Å². The number of hydrogen-bond acceptors (Lipinski definition) is 2. The summed E-state index contributed by atoms with van der Waals surface area (Å²) >= 11 is 0. The van der Waals surface area contributed by atoms with Crippen LogP contribution >= 0.6 is 0 Å². The molecule has 1 heterocycles. The molecular formula is C20H14F2N2O2. The fourth-order valence-corrected chi connectivity index (χ4v) is 3.34. The van der Waals surface area contributed by atoms with Crippen LogP contribution < -0.4 is 5.73 Å². The molecule has 0 aliphatic carbocycles. The van der Waals surface area contributed by atoms with Gasteiger partial charge in [-0.2, -0.15) is 0 Å². The molecule has 0 unspecified atom stereocenters. The van der Waals surface area contributed by atoms with Crippen molar-refractivity contribution in [3.63, 3.8) is 0 Å². The molecule has 0 atom stereocenters. The highest BCUT2D eigenvalue weighted by Gasteiger charge is 2.18. The van der Waals surface area contributed by atoms with Crippen LogP contribution in [0.3, 0.4) is 0 Å². The molecule has 1 aromatic heterocycles. The van der Waals surface area contributed by atoms with Crippen LogP contribution in [0.1, 0.15) is 21.5 Å². The summed E-state index contributed by atoms with van der Waals surface area (Å²) in [6.45, 7) is 0. The van der Waals surface area contributed by atoms with Crippen LogP contribution in [0, 0.1) is 11.6 Å². The van der Waals surface area contributed by atoms with E-state index in [1.165, 1.54) is 24.3 Å². The maximum absolute atomic E-state index is 14.0. The standard InChI is InChI=1S/C20H14F2N2O2/c21-13-4-2-5-14(22)12(13)9-10-7-8-16(25)18-17-11(20(23)26)3-1-6-15(17)24-19(10)18/h1-8,24-25H,9H2,(H2,23,26). The quantitative estimate of drug-likeness (QED) is 0.521. The van der Waals surface area contributed by atoms with E-state index in [4.69, 9.17) is 5.73 Å². The molecule has 4 rings (SSSR count). The lowest BCUT2D eigenvalue weighted by Crippen LogP contribution is -2.10. The maximum Gasteiger partial charge on any atom is 0.249 e. The van der Waals surface area contributed by atoms with Gasteiger partial charge >= 0.3 is 0 Å². The highest BCUT2D eigenvalue weighted by Crippen LogP contribution is 2.37. The number of halogens is 2. The van der Waals surface area contributed by atoms with Gasteiger partial charge in [0.1, 0.15) is 17.4 Å². The number of H-pyrrole nitrogens is 1. The number of nitrogens with two attached hydrogens (primary N) is 1. The molecular weight excluding hydrogens is 338 g/mol. The third-order valence-electron chi connectivity index (χ3n) is 4.54. The molecule has 6 heteroatoms. The average molecular weight is 352 g/mol. The van der Waals surface area contributed by atoms with Crippen molar-refractivity contribution in [3.05, 3.63) is 76.9 Å². The number of hydrogen-bond donors (Lipinski definition) is 3. The van der Waals surface area contributed by atoms with Gasteiger partial charge in [-0.15, -0.1) is 0 Å². The summed E-state index contributed by atoms with van der Waals surface area (Å²) in [5, 5.41) is 11.2. The van der Waals surface area contributed by atoms with E-state index in [1.807, 2.05) is 0 Å². The van der Waals surface area contributed by atoms with Crippen molar-refractivity contribution >= 4 is 27.7 Å². The van der Waals surface area contributed by atoms with E-state index < -0.39 is 17.5 Å². The van der Waals surface area contributed by atoms with Gasteiger partial charge in [0.25, 0.3) is 0 Å². The molecule has 4 N–H and O–H groups in total. The average Bonchev–Trinajstić information content (AvgIpc) is 3.00. The van der Waals surface area contributed by atoms with Gasteiger partial charge in [0, 0.05) is 28.5 Å². The Labute approximate surface area is 146 Å². The lowest BCUT2D eigenvalue weighted by atomic mass is 9.99. The molecule has 0 saturated carbocycles. The summed E-state index contributed by atoms with van der Waals surface area (Å²) in [6, 6.07) is 11.7. The second kappa shape index (κ2) is 5.84. The smallest absolute Gasteiger partial charge is 0.249 e. The highest BCUT2D eigenvalue weighted by molar-refractivity contribution is 6.19. The number of phenolic OH excluding ortho intramolecular Hbond substituents is 1. The van der Waals surface area contributed by atoms with Crippen LogP contribution in [0.15, 0.2) is 48.5 Å². The van der Waals surface area contributed by atoms with E-state index in [0.717, 1.165) is 0 Å². The zero-order chi connectivity index (χ0) is 18.4. The van der Waals surface area contributed by atoms with Gasteiger partial charge < -0.3 is 15.8 Å². The van der Waals surface area contributed by atoms with Gasteiger partial charge in [-0.3, -0.25) is 4.79 Å². The van der Waals surface area contributed by atoms with E-state index in [0.29, 0.717) is 27.4 Å². The van der Waals surface area contributed by atoms with E-state index in [9.17, 15) is 18.7 Å². The zero-order valence-electron chi connectivity index (χ0n) is 13.5. The first-order valence-corrected chi connectivity index (χ1v) is 7.95. The monoisotopic (exact) mass is 352 g/mol. The summed E-state index contributed by atoms with van der Waals surface area (Å²) < 4.78 is 28.1. The lowest BCUT2D eigenvalue weighted by Gasteiger charge is -2.08. The Bertz CT molecular complexity index is 1160. The predicted octanol–water partition coefficient (Wildman–Crippen LogP) is 3.99. The molecule has 0 radical (unpaired) electrons. The van der Waals surface area contributed by atoms with Gasteiger partial charge in [-0.05, 0) is 35.9 Å². The second-order valence-electron chi connectivity index (χ2n) is 6.09. The third kappa shape index (κ3) is 2.38. The van der Waals surface area contributed by atoms with Crippen LogP contribution in [0.2, 0.25) is 0 Å². The number of aromatic hydroxyl groups is 1. The van der Waals surface area contributed by atoms with Crippen molar-refractivity contribution in [2.45, 2.75) is 6.42 Å². The molecule has 3 aromatic carbocycles. The minimum Gasteiger partial charge on any atom is -0.507 e. The largest absolute Gasteiger partial charge is 0.507 e. The Morgan fingerprint density at radius 2 is 1.69 bits per heavy atom. The summed E-state index contributed by atoms with van der Waals surface area (Å²) in [5.41, 5.74) is 7.35. The van der Waals surface area contributed by atoms with Crippen LogP contribution in [0.25, 0.3) is 21.8 Å². The summed E-state index contributed by atoms with van der Waals surface area (Å²) in [6.07, 6.45) is -0.00594. The number of carbonyl (C=O) groups excluding carboxylic acids is 1. The predicted molar refractivity (Wildman–Crippen MR) is 95.2 cm³/mol. The minimum absolute atomic E-state index is 0.00594. The number of aromatic amines is 1. The number of aromatic nitrogens is 1. The topological polar surface area (TPSA) is 79.1 Å². The molecule has 0 saturated heterocycles. The van der Waals surface area contributed by atoms with E-state index in [1.54, 1.807) is 24.3 Å². The maximum atomic E-state index is 14.0. The number of rotatable bonds is 3. The first-order valence-electron chi connectivity index (χ1n) is 7.95. The molecule has 0 bridgehead atoms. The van der Waals surface area contributed by atoms with E-state index in [-0.39, 0.29) is 23.3 Å². The summed E-state index contributed by atoms with van der Waals surface area (Å²) in [5.74, 6) is -1.94. The molecule has 0 aliphatic heterocycles. The molecule has 4 aromatic rings. The molecule has 0 spiro atoms. The van der Waals surface area contributed by atoms with Crippen molar-refractivity contribution in [2.75, 3.05) is 0 Å². The Balaban J connectivity index is 2.01. The van der Waals surface area contributed by atoms with Crippen molar-refractivity contribution in [2.24, 2.45) is 5.73 Å². The fraction of sp³-hybridized carbons (Fsp3) is 0.0500.